The maximum Gasteiger partial charge on any atom is 0.322 e. The number of anilines is 1. The Bertz CT molecular complexity index is 1190. The Morgan fingerprint density at radius 1 is 1.22 bits per heavy atom. The lowest BCUT2D eigenvalue weighted by molar-refractivity contribution is -0.135. The second-order valence-corrected chi connectivity index (χ2v) is 9.71. The number of hydrogen-bond acceptors (Lipinski definition) is 5. The van der Waals surface area contributed by atoms with Gasteiger partial charge in [-0.15, -0.1) is 11.3 Å². The molecule has 0 aliphatic carbocycles. The molecule has 1 aliphatic rings. The smallest absolute Gasteiger partial charge is 0.322 e. The molecule has 10 heteroatoms. The second kappa shape index (κ2) is 12.2. The van der Waals surface area contributed by atoms with Gasteiger partial charge in [0.2, 0.25) is 5.91 Å². The van der Waals surface area contributed by atoms with E-state index >= 15 is 0 Å². The van der Waals surface area contributed by atoms with E-state index < -0.39 is 6.03 Å². The van der Waals surface area contributed by atoms with Gasteiger partial charge in [0.25, 0.3) is 0 Å². The number of benzene rings is 2. The predicted octanol–water partition coefficient (Wildman–Crippen LogP) is 5.23. The van der Waals surface area contributed by atoms with Crippen LogP contribution in [0.25, 0.3) is 0 Å². The van der Waals surface area contributed by atoms with Crippen molar-refractivity contribution in [2.24, 2.45) is 0 Å². The summed E-state index contributed by atoms with van der Waals surface area (Å²) >= 11 is 7.69. The Morgan fingerprint density at radius 3 is 2.78 bits per heavy atom. The predicted molar refractivity (Wildman–Crippen MR) is 138 cm³/mol. The SMILES string of the molecule is COCCN(CC(=O)N1CCc2sccc2C1COc1ccc(F)cc1)C(=O)Nc1cccc(Cl)c1. The van der Waals surface area contributed by atoms with Gasteiger partial charge in [0.15, 0.2) is 0 Å². The van der Waals surface area contributed by atoms with Crippen molar-refractivity contribution in [3.8, 4) is 5.75 Å². The molecule has 4 rings (SSSR count). The van der Waals surface area contributed by atoms with E-state index in [4.69, 9.17) is 21.1 Å². The Hall–Kier alpha value is -3.14. The first-order chi connectivity index (χ1) is 17.4. The number of carbonyl (C=O) groups excluding carboxylic acids is 2. The number of carbonyl (C=O) groups is 2. The van der Waals surface area contributed by atoms with E-state index in [-0.39, 0.29) is 44.1 Å². The minimum Gasteiger partial charge on any atom is -0.491 e. The molecule has 1 aliphatic heterocycles. The van der Waals surface area contributed by atoms with Gasteiger partial charge < -0.3 is 24.6 Å². The van der Waals surface area contributed by atoms with E-state index in [1.165, 1.54) is 21.9 Å². The number of fused-ring (bicyclic) bond motifs is 1. The van der Waals surface area contributed by atoms with Crippen LogP contribution >= 0.6 is 22.9 Å². The Labute approximate surface area is 218 Å². The van der Waals surface area contributed by atoms with Gasteiger partial charge in [-0.1, -0.05) is 17.7 Å². The van der Waals surface area contributed by atoms with Crippen molar-refractivity contribution in [1.82, 2.24) is 9.80 Å². The number of hydrogen-bond donors (Lipinski definition) is 1. The van der Waals surface area contributed by atoms with Crippen molar-refractivity contribution in [2.75, 3.05) is 45.3 Å². The summed E-state index contributed by atoms with van der Waals surface area (Å²) in [6.45, 7) is 1.12. The summed E-state index contributed by atoms with van der Waals surface area (Å²) < 4.78 is 24.4. The molecule has 7 nitrogen and oxygen atoms in total. The lowest BCUT2D eigenvalue weighted by Gasteiger charge is -2.37. The van der Waals surface area contributed by atoms with Gasteiger partial charge in [0.1, 0.15) is 24.7 Å². The molecule has 1 N–H and O–H groups in total. The molecular formula is C26H27ClFN3O4S. The summed E-state index contributed by atoms with van der Waals surface area (Å²) in [4.78, 5) is 30.9. The zero-order valence-electron chi connectivity index (χ0n) is 19.8. The fourth-order valence-electron chi connectivity index (χ4n) is 4.06. The van der Waals surface area contributed by atoms with Crippen LogP contribution in [-0.4, -0.2) is 61.7 Å². The number of methoxy groups -OCH3 is 1. The van der Waals surface area contributed by atoms with Crippen LogP contribution in [0.15, 0.2) is 60.0 Å². The molecule has 2 heterocycles. The molecule has 190 valence electrons. The highest BCUT2D eigenvalue weighted by Crippen LogP contribution is 2.34. The third kappa shape index (κ3) is 6.54. The Morgan fingerprint density at radius 2 is 2.03 bits per heavy atom. The van der Waals surface area contributed by atoms with Crippen LogP contribution < -0.4 is 10.1 Å². The third-order valence-corrected chi connectivity index (χ3v) is 7.12. The molecule has 0 radical (unpaired) electrons. The van der Waals surface area contributed by atoms with Gasteiger partial charge >= 0.3 is 6.03 Å². The minimum atomic E-state index is -0.421. The summed E-state index contributed by atoms with van der Waals surface area (Å²) in [6, 6.07) is 13.9. The van der Waals surface area contributed by atoms with E-state index in [1.54, 1.807) is 59.7 Å². The highest BCUT2D eigenvalue weighted by Gasteiger charge is 2.33. The van der Waals surface area contributed by atoms with Crippen LogP contribution in [0.2, 0.25) is 5.02 Å². The van der Waals surface area contributed by atoms with E-state index in [9.17, 15) is 14.0 Å². The Kier molecular flexibility index (Phi) is 8.79. The highest BCUT2D eigenvalue weighted by atomic mass is 35.5. The summed E-state index contributed by atoms with van der Waals surface area (Å²) in [7, 11) is 1.54. The van der Waals surface area contributed by atoms with Crippen molar-refractivity contribution in [3.63, 3.8) is 0 Å². The Balaban J connectivity index is 1.48. The molecule has 1 atom stereocenters. The summed E-state index contributed by atoms with van der Waals surface area (Å²) in [6.07, 6.45) is 0.735. The summed E-state index contributed by atoms with van der Waals surface area (Å²) in [5.41, 5.74) is 1.57. The first-order valence-electron chi connectivity index (χ1n) is 11.5. The monoisotopic (exact) mass is 531 g/mol. The van der Waals surface area contributed by atoms with Crippen LogP contribution in [0.5, 0.6) is 5.75 Å². The zero-order valence-corrected chi connectivity index (χ0v) is 21.4. The number of nitrogens with zero attached hydrogens (tertiary/aromatic N) is 2. The molecule has 0 bridgehead atoms. The molecule has 2 aromatic carbocycles. The fourth-order valence-corrected chi connectivity index (χ4v) is 5.18. The van der Waals surface area contributed by atoms with Crippen molar-refractivity contribution in [2.45, 2.75) is 12.5 Å². The molecule has 36 heavy (non-hydrogen) atoms. The standard InChI is InChI=1S/C26H27ClFN3O4S/c1-34-13-12-30(26(33)29-20-4-2-3-18(27)15-20)16-25(32)31-11-9-24-22(10-14-36-24)23(31)17-35-21-7-5-19(28)6-8-21/h2-8,10,14-15,23H,9,11-13,16-17H2,1H3,(H,29,33). The van der Waals surface area contributed by atoms with Gasteiger partial charge in [0.05, 0.1) is 12.6 Å². The van der Waals surface area contributed by atoms with E-state index in [1.807, 2.05) is 11.4 Å². The van der Waals surface area contributed by atoms with Crippen LogP contribution in [0.3, 0.4) is 0 Å². The number of nitrogens with one attached hydrogen (secondary N) is 1. The van der Waals surface area contributed by atoms with E-state index in [2.05, 4.69) is 5.32 Å². The highest BCUT2D eigenvalue weighted by molar-refractivity contribution is 7.10. The molecule has 1 aromatic heterocycles. The normalized spacial score (nSPS) is 14.8. The average Bonchev–Trinajstić information content (AvgIpc) is 3.35. The van der Waals surface area contributed by atoms with Crippen molar-refractivity contribution < 1.29 is 23.5 Å². The lowest BCUT2D eigenvalue weighted by atomic mass is 10.0. The van der Waals surface area contributed by atoms with Gasteiger partial charge in [-0.25, -0.2) is 9.18 Å². The van der Waals surface area contributed by atoms with Crippen LogP contribution in [-0.2, 0) is 16.0 Å². The molecule has 3 aromatic rings. The maximum atomic E-state index is 13.5. The molecule has 3 amide bonds. The maximum absolute atomic E-state index is 13.5. The third-order valence-electron chi connectivity index (χ3n) is 5.89. The van der Waals surface area contributed by atoms with Crippen molar-refractivity contribution in [1.29, 1.82) is 0 Å². The van der Waals surface area contributed by atoms with Crippen molar-refractivity contribution in [3.05, 3.63) is 81.3 Å². The van der Waals surface area contributed by atoms with Gasteiger partial charge in [-0.2, -0.15) is 0 Å². The fraction of sp³-hybridized carbons (Fsp3) is 0.308. The van der Waals surface area contributed by atoms with Gasteiger partial charge in [-0.3, -0.25) is 4.79 Å². The topological polar surface area (TPSA) is 71.1 Å². The van der Waals surface area contributed by atoms with Crippen LogP contribution in [0, 0.1) is 5.82 Å². The van der Waals surface area contributed by atoms with Crippen LogP contribution in [0.4, 0.5) is 14.9 Å². The molecular weight excluding hydrogens is 505 g/mol. The first kappa shape index (κ1) is 25.9. The number of amides is 3. The summed E-state index contributed by atoms with van der Waals surface area (Å²) in [5.74, 6) is -0.0187. The number of rotatable bonds is 9. The van der Waals surface area contributed by atoms with Crippen molar-refractivity contribution >= 4 is 40.6 Å². The number of ether oxygens (including phenoxy) is 2. The number of halogens is 2. The quantitative estimate of drug-likeness (QED) is 0.410. The zero-order chi connectivity index (χ0) is 25.5. The van der Waals surface area contributed by atoms with Gasteiger partial charge in [-0.05, 0) is 65.9 Å². The number of urea groups is 1. The number of thiophene rings is 1. The molecule has 0 spiro atoms. The van der Waals surface area contributed by atoms with E-state index in [0.29, 0.717) is 23.0 Å². The lowest BCUT2D eigenvalue weighted by Crippen LogP contribution is -2.49. The molecule has 0 fully saturated rings. The summed E-state index contributed by atoms with van der Waals surface area (Å²) in [5, 5.41) is 5.30. The molecule has 0 saturated heterocycles. The minimum absolute atomic E-state index is 0.123. The average molecular weight is 532 g/mol. The van der Waals surface area contributed by atoms with E-state index in [0.717, 1.165) is 12.0 Å². The largest absolute Gasteiger partial charge is 0.491 e. The molecule has 1 unspecified atom stereocenters. The molecule has 0 saturated carbocycles. The van der Waals surface area contributed by atoms with Crippen LogP contribution in [0.1, 0.15) is 16.5 Å². The van der Waals surface area contributed by atoms with Gasteiger partial charge in [0, 0.05) is 35.8 Å². The second-order valence-electron chi connectivity index (χ2n) is 8.27. The first-order valence-corrected chi connectivity index (χ1v) is 12.7.